The molecule has 1 N–H and O–H groups in total. The van der Waals surface area contributed by atoms with E-state index in [9.17, 15) is 14.4 Å². The number of carbonyl (C=O) groups is 3. The molecule has 2 fully saturated rings. The van der Waals surface area contributed by atoms with Crippen LogP contribution in [-0.4, -0.2) is 48.3 Å². The van der Waals surface area contributed by atoms with Gasteiger partial charge < -0.3 is 15.1 Å². The zero-order chi connectivity index (χ0) is 15.7. The predicted molar refractivity (Wildman–Crippen MR) is 81.3 cm³/mol. The second kappa shape index (κ2) is 5.79. The number of anilines is 1. The zero-order valence-electron chi connectivity index (χ0n) is 12.5. The Morgan fingerprint density at radius 3 is 2.50 bits per heavy atom. The van der Waals surface area contributed by atoms with E-state index in [1.807, 2.05) is 31.2 Å². The topological polar surface area (TPSA) is 69.7 Å². The zero-order valence-corrected chi connectivity index (χ0v) is 12.5. The number of hydrogen-bond donors (Lipinski definition) is 1. The summed E-state index contributed by atoms with van der Waals surface area (Å²) < 4.78 is 0. The molecule has 116 valence electrons. The van der Waals surface area contributed by atoms with Crippen molar-refractivity contribution >= 4 is 23.4 Å². The Morgan fingerprint density at radius 2 is 1.91 bits per heavy atom. The highest BCUT2D eigenvalue weighted by atomic mass is 16.2. The molecular weight excluding hydrogens is 282 g/mol. The molecule has 0 radical (unpaired) electrons. The number of carbonyl (C=O) groups excluding carboxylic acids is 3. The highest BCUT2D eigenvalue weighted by molar-refractivity contribution is 5.99. The third-order valence-electron chi connectivity index (χ3n) is 4.17. The van der Waals surface area contributed by atoms with E-state index in [1.165, 1.54) is 0 Å². The third-order valence-corrected chi connectivity index (χ3v) is 4.17. The highest BCUT2D eigenvalue weighted by Crippen LogP contribution is 2.19. The van der Waals surface area contributed by atoms with Crippen molar-refractivity contribution in [1.29, 1.82) is 0 Å². The molecule has 3 rings (SSSR count). The predicted octanol–water partition coefficient (Wildman–Crippen LogP) is 0.449. The number of hydrogen-bond acceptors (Lipinski definition) is 3. The van der Waals surface area contributed by atoms with Crippen LogP contribution in [0.15, 0.2) is 24.3 Å². The summed E-state index contributed by atoms with van der Waals surface area (Å²) in [6.07, 6.45) is 0.901. The molecule has 22 heavy (non-hydrogen) atoms. The molecule has 2 heterocycles. The van der Waals surface area contributed by atoms with Crippen LogP contribution in [-0.2, 0) is 14.4 Å². The minimum Gasteiger partial charge on any atom is -0.344 e. The number of amides is 3. The Labute approximate surface area is 129 Å². The quantitative estimate of drug-likeness (QED) is 0.862. The van der Waals surface area contributed by atoms with Gasteiger partial charge in [-0.3, -0.25) is 14.4 Å². The van der Waals surface area contributed by atoms with Gasteiger partial charge in [0, 0.05) is 25.2 Å². The first-order valence-corrected chi connectivity index (χ1v) is 7.50. The molecule has 0 saturated carbocycles. The fourth-order valence-corrected chi connectivity index (χ4v) is 2.88. The number of benzene rings is 1. The summed E-state index contributed by atoms with van der Waals surface area (Å²) in [5.41, 5.74) is 2.00. The van der Waals surface area contributed by atoms with Crippen LogP contribution in [0, 0.1) is 6.92 Å². The van der Waals surface area contributed by atoms with E-state index in [1.54, 1.807) is 9.80 Å². The van der Waals surface area contributed by atoms with E-state index in [0.717, 1.165) is 11.3 Å². The van der Waals surface area contributed by atoms with Gasteiger partial charge in [-0.25, -0.2) is 0 Å². The van der Waals surface area contributed by atoms with E-state index in [2.05, 4.69) is 5.32 Å². The normalized spacial score (nSPS) is 22.0. The van der Waals surface area contributed by atoms with Crippen LogP contribution in [0.1, 0.15) is 18.4 Å². The number of piperazine rings is 1. The van der Waals surface area contributed by atoms with Crippen LogP contribution in [0.25, 0.3) is 0 Å². The molecule has 2 aliphatic rings. The van der Waals surface area contributed by atoms with Gasteiger partial charge in [0.2, 0.25) is 17.7 Å². The summed E-state index contributed by atoms with van der Waals surface area (Å²) in [7, 11) is 0. The largest absolute Gasteiger partial charge is 0.344 e. The van der Waals surface area contributed by atoms with Gasteiger partial charge in [0.1, 0.15) is 12.6 Å². The number of nitrogens with zero attached hydrogens (tertiary/aromatic N) is 2. The molecule has 2 saturated heterocycles. The molecule has 2 aliphatic heterocycles. The Balaban J connectivity index is 1.64. The first-order valence-electron chi connectivity index (χ1n) is 7.50. The van der Waals surface area contributed by atoms with Crippen LogP contribution in [0.2, 0.25) is 0 Å². The summed E-state index contributed by atoms with van der Waals surface area (Å²) in [6.45, 7) is 3.04. The summed E-state index contributed by atoms with van der Waals surface area (Å²) in [5, 5.41) is 2.66. The lowest BCUT2D eigenvalue weighted by Crippen LogP contribution is -2.56. The minimum atomic E-state index is -0.466. The molecule has 0 bridgehead atoms. The van der Waals surface area contributed by atoms with Gasteiger partial charge in [-0.05, 0) is 25.5 Å². The van der Waals surface area contributed by atoms with Crippen molar-refractivity contribution in [2.75, 3.05) is 24.5 Å². The van der Waals surface area contributed by atoms with Gasteiger partial charge in [0.05, 0.1) is 0 Å². The number of rotatable bonds is 2. The lowest BCUT2D eigenvalue weighted by Gasteiger charge is -2.35. The smallest absolute Gasteiger partial charge is 0.246 e. The number of nitrogens with one attached hydrogen (secondary N) is 1. The van der Waals surface area contributed by atoms with Gasteiger partial charge in [0.15, 0.2) is 0 Å². The Kier molecular flexibility index (Phi) is 3.83. The van der Waals surface area contributed by atoms with Crippen molar-refractivity contribution < 1.29 is 14.4 Å². The molecule has 1 aromatic rings. The lowest BCUT2D eigenvalue weighted by atomic mass is 10.1. The van der Waals surface area contributed by atoms with Crippen LogP contribution < -0.4 is 10.2 Å². The van der Waals surface area contributed by atoms with E-state index >= 15 is 0 Å². The maximum atomic E-state index is 12.3. The Morgan fingerprint density at radius 1 is 1.18 bits per heavy atom. The summed E-state index contributed by atoms with van der Waals surface area (Å²) >= 11 is 0. The molecule has 0 spiro atoms. The third kappa shape index (κ3) is 2.81. The van der Waals surface area contributed by atoms with Crippen LogP contribution in [0.3, 0.4) is 0 Å². The molecule has 6 nitrogen and oxygen atoms in total. The highest BCUT2D eigenvalue weighted by Gasteiger charge is 2.34. The maximum absolute atomic E-state index is 12.3. The molecule has 0 aromatic heterocycles. The van der Waals surface area contributed by atoms with Gasteiger partial charge in [-0.15, -0.1) is 0 Å². The monoisotopic (exact) mass is 301 g/mol. The lowest BCUT2D eigenvalue weighted by molar-refractivity contribution is -0.138. The SMILES string of the molecule is Cc1ccc(N2CCN(C(=O)[C@@H]3CCC(=O)N3)CC2=O)cc1. The van der Waals surface area contributed by atoms with Gasteiger partial charge in [-0.1, -0.05) is 17.7 Å². The van der Waals surface area contributed by atoms with Crippen LogP contribution in [0.5, 0.6) is 0 Å². The maximum Gasteiger partial charge on any atom is 0.246 e. The van der Waals surface area contributed by atoms with Gasteiger partial charge >= 0.3 is 0 Å². The molecule has 0 unspecified atom stereocenters. The molecule has 1 aromatic carbocycles. The molecule has 0 aliphatic carbocycles. The minimum absolute atomic E-state index is 0.0685. The number of aryl methyl sites for hydroxylation is 1. The summed E-state index contributed by atoms with van der Waals surface area (Å²) in [4.78, 5) is 39.1. The van der Waals surface area contributed by atoms with E-state index < -0.39 is 6.04 Å². The van der Waals surface area contributed by atoms with Crippen molar-refractivity contribution in [1.82, 2.24) is 10.2 Å². The van der Waals surface area contributed by atoms with Gasteiger partial charge in [0.25, 0.3) is 0 Å². The molecule has 1 atom stereocenters. The Hall–Kier alpha value is -2.37. The van der Waals surface area contributed by atoms with Crippen LogP contribution >= 0.6 is 0 Å². The fourth-order valence-electron chi connectivity index (χ4n) is 2.88. The molecule has 6 heteroatoms. The summed E-state index contributed by atoms with van der Waals surface area (Å²) in [6, 6.07) is 7.30. The average Bonchev–Trinajstić information content (AvgIpc) is 2.94. The standard InChI is InChI=1S/C16H19N3O3/c1-11-2-4-12(5-3-11)19-9-8-18(10-15(19)21)16(22)13-6-7-14(20)17-13/h2-5,13H,6-10H2,1H3,(H,17,20)/t13-/m0/s1. The summed E-state index contributed by atoms with van der Waals surface area (Å²) in [5.74, 6) is -0.335. The van der Waals surface area contributed by atoms with E-state index in [-0.39, 0.29) is 24.3 Å². The second-order valence-corrected chi connectivity index (χ2v) is 5.80. The van der Waals surface area contributed by atoms with Crippen molar-refractivity contribution in [3.63, 3.8) is 0 Å². The van der Waals surface area contributed by atoms with E-state index in [4.69, 9.17) is 0 Å². The van der Waals surface area contributed by atoms with Crippen molar-refractivity contribution in [2.24, 2.45) is 0 Å². The van der Waals surface area contributed by atoms with E-state index in [0.29, 0.717) is 25.9 Å². The second-order valence-electron chi connectivity index (χ2n) is 5.80. The average molecular weight is 301 g/mol. The Bertz CT molecular complexity index is 612. The fraction of sp³-hybridized carbons (Fsp3) is 0.438. The van der Waals surface area contributed by atoms with Crippen molar-refractivity contribution in [2.45, 2.75) is 25.8 Å². The first-order chi connectivity index (χ1) is 10.5. The van der Waals surface area contributed by atoms with Crippen molar-refractivity contribution in [3.05, 3.63) is 29.8 Å². The molecule has 3 amide bonds. The van der Waals surface area contributed by atoms with Gasteiger partial charge in [-0.2, -0.15) is 0 Å². The first kappa shape index (κ1) is 14.6. The molecular formula is C16H19N3O3. The van der Waals surface area contributed by atoms with Crippen LogP contribution in [0.4, 0.5) is 5.69 Å². The van der Waals surface area contributed by atoms with Crippen molar-refractivity contribution in [3.8, 4) is 0 Å².